The van der Waals surface area contributed by atoms with Gasteiger partial charge in [-0.1, -0.05) is 36.8 Å². The molecule has 0 fully saturated rings. The maximum Gasteiger partial charge on any atom is 0.264 e. The second-order valence-electron chi connectivity index (χ2n) is 8.99. The molecule has 0 aliphatic rings. The van der Waals surface area contributed by atoms with Crippen LogP contribution in [0.4, 0.5) is 10.1 Å². The smallest absolute Gasteiger partial charge is 0.264 e. The predicted octanol–water partition coefficient (Wildman–Crippen LogP) is 4.28. The fourth-order valence-corrected chi connectivity index (χ4v) is 5.53. The van der Waals surface area contributed by atoms with Gasteiger partial charge >= 0.3 is 0 Å². The van der Waals surface area contributed by atoms with E-state index in [1.807, 2.05) is 6.92 Å². The summed E-state index contributed by atoms with van der Waals surface area (Å²) in [6, 6.07) is 17.4. The van der Waals surface area contributed by atoms with Crippen LogP contribution in [0.2, 0.25) is 0 Å². The third-order valence-corrected chi connectivity index (χ3v) is 8.04. The number of sulfonamides is 1. The molecule has 1 atom stereocenters. The van der Waals surface area contributed by atoms with Gasteiger partial charge in [0.15, 0.2) is 0 Å². The second-order valence-corrected chi connectivity index (χ2v) is 10.9. The van der Waals surface area contributed by atoms with Crippen LogP contribution in [0.5, 0.6) is 5.75 Å². The summed E-state index contributed by atoms with van der Waals surface area (Å²) in [7, 11) is -2.71. The Morgan fingerprint density at radius 1 is 0.949 bits per heavy atom. The third kappa shape index (κ3) is 7.35. The molecule has 1 N–H and O–H groups in total. The summed E-state index contributed by atoms with van der Waals surface area (Å²) in [4.78, 5) is 28.1. The highest BCUT2D eigenvalue weighted by atomic mass is 32.2. The number of hydrogen-bond acceptors (Lipinski definition) is 5. The lowest BCUT2D eigenvalue weighted by Crippen LogP contribution is -2.52. The number of rotatable bonds is 12. The number of hydrogen-bond donors (Lipinski definition) is 1. The molecule has 0 aliphatic carbocycles. The van der Waals surface area contributed by atoms with E-state index in [0.29, 0.717) is 18.7 Å². The van der Waals surface area contributed by atoms with E-state index < -0.39 is 34.3 Å². The number of halogens is 1. The molecule has 8 nitrogen and oxygen atoms in total. The van der Waals surface area contributed by atoms with Crippen molar-refractivity contribution in [3.63, 3.8) is 0 Å². The largest absolute Gasteiger partial charge is 0.497 e. The molecular weight excluding hydrogens is 521 g/mol. The van der Waals surface area contributed by atoms with Gasteiger partial charge in [0.25, 0.3) is 10.0 Å². The third-order valence-electron chi connectivity index (χ3n) is 6.25. The average Bonchev–Trinajstić information content (AvgIpc) is 2.92. The van der Waals surface area contributed by atoms with Crippen LogP contribution in [0.3, 0.4) is 0 Å². The van der Waals surface area contributed by atoms with Gasteiger partial charge in [-0.15, -0.1) is 0 Å². The van der Waals surface area contributed by atoms with Crippen LogP contribution in [0.1, 0.15) is 31.4 Å². The molecule has 0 aromatic heterocycles. The SMILES string of the molecule is CCNC(=O)[C@@H](CC)N(Cc1ccc(OC)cc1)C(=O)CN(c1ccc(C)cc1)S(=O)(=O)c1ccc(F)cc1. The van der Waals surface area contributed by atoms with Crippen molar-refractivity contribution in [2.45, 2.75) is 44.7 Å². The van der Waals surface area contributed by atoms with Crippen molar-refractivity contribution in [2.24, 2.45) is 0 Å². The fraction of sp³-hybridized carbons (Fsp3) is 0.310. The van der Waals surface area contributed by atoms with Gasteiger partial charge in [-0.05, 0) is 74.4 Å². The van der Waals surface area contributed by atoms with Crippen molar-refractivity contribution in [1.29, 1.82) is 0 Å². The molecule has 3 aromatic rings. The standard InChI is InChI=1S/C29H34FN3O5S/c1-5-27(29(35)31-6-2)32(19-22-9-15-25(38-4)16-10-22)28(34)20-33(24-13-7-21(3)8-14-24)39(36,37)26-17-11-23(30)12-18-26/h7-18,27H,5-6,19-20H2,1-4H3,(H,31,35)/t27-/m1/s1. The number of amides is 2. The van der Waals surface area contributed by atoms with E-state index in [-0.39, 0.29) is 23.0 Å². The highest BCUT2D eigenvalue weighted by Crippen LogP contribution is 2.25. The molecule has 208 valence electrons. The molecule has 10 heteroatoms. The van der Waals surface area contributed by atoms with E-state index in [9.17, 15) is 22.4 Å². The molecule has 3 aromatic carbocycles. The van der Waals surface area contributed by atoms with Gasteiger partial charge in [0.2, 0.25) is 11.8 Å². The van der Waals surface area contributed by atoms with Crippen LogP contribution >= 0.6 is 0 Å². The Bertz CT molecular complexity index is 1360. The number of nitrogens with one attached hydrogen (secondary N) is 1. The molecule has 0 heterocycles. The average molecular weight is 556 g/mol. The molecule has 0 saturated carbocycles. The predicted molar refractivity (Wildman–Crippen MR) is 148 cm³/mol. The van der Waals surface area contributed by atoms with Gasteiger partial charge in [-0.25, -0.2) is 12.8 Å². The van der Waals surface area contributed by atoms with Crippen molar-refractivity contribution >= 4 is 27.5 Å². The van der Waals surface area contributed by atoms with Gasteiger partial charge in [-0.3, -0.25) is 13.9 Å². The number of carbonyl (C=O) groups is 2. The van der Waals surface area contributed by atoms with Crippen molar-refractivity contribution < 1.29 is 27.1 Å². The highest BCUT2D eigenvalue weighted by Gasteiger charge is 2.33. The van der Waals surface area contributed by atoms with E-state index in [1.54, 1.807) is 69.5 Å². The number of nitrogens with zero attached hydrogens (tertiary/aromatic N) is 2. The first-order valence-electron chi connectivity index (χ1n) is 12.7. The second kappa shape index (κ2) is 13.2. The van der Waals surface area contributed by atoms with E-state index >= 15 is 0 Å². The highest BCUT2D eigenvalue weighted by molar-refractivity contribution is 7.92. The topological polar surface area (TPSA) is 96.0 Å². The Kier molecular flexibility index (Phi) is 10.1. The zero-order chi connectivity index (χ0) is 28.6. The monoisotopic (exact) mass is 555 g/mol. The Balaban J connectivity index is 2.04. The van der Waals surface area contributed by atoms with E-state index in [4.69, 9.17) is 4.74 Å². The van der Waals surface area contributed by atoms with Crippen LogP contribution in [0, 0.1) is 12.7 Å². The van der Waals surface area contributed by atoms with Crippen molar-refractivity contribution in [1.82, 2.24) is 10.2 Å². The molecule has 0 radical (unpaired) electrons. The molecule has 2 amide bonds. The Hall–Kier alpha value is -3.92. The lowest BCUT2D eigenvalue weighted by Gasteiger charge is -2.33. The number of carbonyl (C=O) groups excluding carboxylic acids is 2. The summed E-state index contributed by atoms with van der Waals surface area (Å²) in [5.41, 5.74) is 1.93. The summed E-state index contributed by atoms with van der Waals surface area (Å²) in [6.45, 7) is 5.35. The first-order valence-corrected chi connectivity index (χ1v) is 14.1. The first-order chi connectivity index (χ1) is 18.6. The number of anilines is 1. The van der Waals surface area contributed by atoms with Gasteiger partial charge in [-0.2, -0.15) is 0 Å². The number of aryl methyl sites for hydroxylation is 1. The van der Waals surface area contributed by atoms with Crippen LogP contribution in [0.25, 0.3) is 0 Å². The van der Waals surface area contributed by atoms with Crippen molar-refractivity contribution in [3.05, 3.63) is 89.7 Å². The summed E-state index contributed by atoms with van der Waals surface area (Å²) in [5.74, 6) is -0.825. The zero-order valence-corrected chi connectivity index (χ0v) is 23.4. The van der Waals surface area contributed by atoms with Gasteiger partial charge < -0.3 is 15.0 Å². The van der Waals surface area contributed by atoms with Gasteiger partial charge in [0.1, 0.15) is 24.2 Å². The van der Waals surface area contributed by atoms with Crippen LogP contribution < -0.4 is 14.4 Å². The maximum atomic E-state index is 13.9. The maximum absolute atomic E-state index is 13.9. The molecule has 0 spiro atoms. The minimum absolute atomic E-state index is 0.0802. The van der Waals surface area contributed by atoms with Crippen LogP contribution in [-0.4, -0.2) is 51.4 Å². The molecule has 0 bridgehead atoms. The zero-order valence-electron chi connectivity index (χ0n) is 22.6. The van der Waals surface area contributed by atoms with Gasteiger partial charge in [0.05, 0.1) is 17.7 Å². The number of likely N-dealkylation sites (N-methyl/N-ethyl adjacent to an activating group) is 1. The van der Waals surface area contributed by atoms with Crippen LogP contribution in [0.15, 0.2) is 77.7 Å². The molecule has 0 unspecified atom stereocenters. The Morgan fingerprint density at radius 2 is 1.56 bits per heavy atom. The molecule has 0 aliphatic heterocycles. The molecule has 0 saturated heterocycles. The number of benzene rings is 3. The van der Waals surface area contributed by atoms with E-state index in [1.165, 1.54) is 4.90 Å². The first kappa shape index (κ1) is 29.6. The number of methoxy groups -OCH3 is 1. The molecule has 39 heavy (non-hydrogen) atoms. The Labute approximate surface area is 229 Å². The summed E-state index contributed by atoms with van der Waals surface area (Å²) in [6.07, 6.45) is 0.322. The summed E-state index contributed by atoms with van der Waals surface area (Å²) in [5, 5.41) is 2.77. The van der Waals surface area contributed by atoms with Crippen molar-refractivity contribution in [3.8, 4) is 5.75 Å². The van der Waals surface area contributed by atoms with Crippen LogP contribution in [-0.2, 0) is 26.2 Å². The number of ether oxygens (including phenoxy) is 1. The summed E-state index contributed by atoms with van der Waals surface area (Å²) < 4.78 is 47.2. The lowest BCUT2D eigenvalue weighted by molar-refractivity contribution is -0.140. The van der Waals surface area contributed by atoms with E-state index in [0.717, 1.165) is 39.7 Å². The minimum Gasteiger partial charge on any atom is -0.497 e. The Morgan fingerprint density at radius 3 is 2.10 bits per heavy atom. The normalized spacial score (nSPS) is 11.9. The van der Waals surface area contributed by atoms with E-state index in [2.05, 4.69) is 5.32 Å². The minimum atomic E-state index is -4.25. The van der Waals surface area contributed by atoms with Crippen molar-refractivity contribution in [2.75, 3.05) is 24.5 Å². The fourth-order valence-electron chi connectivity index (χ4n) is 4.11. The quantitative estimate of drug-likeness (QED) is 0.360. The molecular formula is C29H34FN3O5S. The molecule has 3 rings (SSSR count). The summed E-state index contributed by atoms with van der Waals surface area (Å²) >= 11 is 0. The lowest BCUT2D eigenvalue weighted by atomic mass is 10.1. The van der Waals surface area contributed by atoms with Gasteiger partial charge in [0, 0.05) is 13.1 Å².